The van der Waals surface area contributed by atoms with E-state index >= 15 is 0 Å². The summed E-state index contributed by atoms with van der Waals surface area (Å²) in [7, 11) is 4.05. The summed E-state index contributed by atoms with van der Waals surface area (Å²) in [6.07, 6.45) is 10.9. The fourth-order valence-electron chi connectivity index (χ4n) is 2.20. The molecule has 0 spiro atoms. The van der Waals surface area contributed by atoms with Crippen LogP contribution in [0.4, 0.5) is 0 Å². The number of imidazole rings is 2. The predicted octanol–water partition coefficient (Wildman–Crippen LogP) is 1.83. The van der Waals surface area contributed by atoms with Crippen molar-refractivity contribution in [3.8, 4) is 0 Å². The van der Waals surface area contributed by atoms with Crippen LogP contribution in [0.3, 0.4) is 0 Å². The van der Waals surface area contributed by atoms with Gasteiger partial charge >= 0.3 is 0 Å². The fourth-order valence-corrected chi connectivity index (χ4v) is 2.20. The van der Waals surface area contributed by atoms with Crippen LogP contribution in [-0.2, 0) is 20.5 Å². The lowest BCUT2D eigenvalue weighted by atomic mass is 10.1. The van der Waals surface area contributed by atoms with Gasteiger partial charge in [-0.05, 0) is 19.4 Å². The lowest BCUT2D eigenvalue weighted by Gasteiger charge is -2.16. The SMILES string of the molecule is CCCNC(CCc1nccn1C)c1cn(C)cn1. The Bertz CT molecular complexity index is 499. The maximum absolute atomic E-state index is 4.46. The van der Waals surface area contributed by atoms with Crippen LogP contribution in [0.25, 0.3) is 0 Å². The monoisotopic (exact) mass is 261 g/mol. The summed E-state index contributed by atoms with van der Waals surface area (Å²) >= 11 is 0. The zero-order valence-electron chi connectivity index (χ0n) is 12.0. The Labute approximate surface area is 114 Å². The minimum Gasteiger partial charge on any atom is -0.340 e. The van der Waals surface area contributed by atoms with Crippen molar-refractivity contribution in [3.05, 3.63) is 36.4 Å². The Hall–Kier alpha value is -1.62. The molecule has 0 aliphatic carbocycles. The number of hydrogen-bond donors (Lipinski definition) is 1. The topological polar surface area (TPSA) is 47.7 Å². The van der Waals surface area contributed by atoms with Crippen LogP contribution >= 0.6 is 0 Å². The molecule has 0 bridgehead atoms. The largest absolute Gasteiger partial charge is 0.340 e. The Morgan fingerprint density at radius 1 is 1.32 bits per heavy atom. The van der Waals surface area contributed by atoms with E-state index in [1.165, 1.54) is 0 Å². The third-order valence-electron chi connectivity index (χ3n) is 3.30. The van der Waals surface area contributed by atoms with Crippen LogP contribution in [-0.4, -0.2) is 25.6 Å². The summed E-state index contributed by atoms with van der Waals surface area (Å²) in [5.41, 5.74) is 1.12. The zero-order chi connectivity index (χ0) is 13.7. The molecule has 0 amide bonds. The molecule has 0 radical (unpaired) electrons. The fraction of sp³-hybridized carbons (Fsp3) is 0.571. The number of aromatic nitrogens is 4. The van der Waals surface area contributed by atoms with Gasteiger partial charge in [0.25, 0.3) is 0 Å². The summed E-state index contributed by atoms with van der Waals surface area (Å²) in [4.78, 5) is 8.84. The molecule has 2 rings (SSSR count). The van der Waals surface area contributed by atoms with Crippen molar-refractivity contribution in [2.24, 2.45) is 14.1 Å². The van der Waals surface area contributed by atoms with Crippen LogP contribution in [0.2, 0.25) is 0 Å². The quantitative estimate of drug-likeness (QED) is 0.827. The molecule has 19 heavy (non-hydrogen) atoms. The Morgan fingerprint density at radius 3 is 2.74 bits per heavy atom. The van der Waals surface area contributed by atoms with Crippen LogP contribution in [0.5, 0.6) is 0 Å². The number of hydrogen-bond acceptors (Lipinski definition) is 3. The van der Waals surface area contributed by atoms with Crippen molar-refractivity contribution in [2.75, 3.05) is 6.54 Å². The molecule has 2 aromatic heterocycles. The first kappa shape index (κ1) is 13.8. The van der Waals surface area contributed by atoms with Crippen molar-refractivity contribution >= 4 is 0 Å². The molecular formula is C14H23N5. The van der Waals surface area contributed by atoms with Gasteiger partial charge in [0.1, 0.15) is 5.82 Å². The van der Waals surface area contributed by atoms with Gasteiger partial charge in [-0.1, -0.05) is 6.92 Å². The standard InChI is InChI=1S/C14H23N5/c1-4-7-15-12(13-10-18(2)11-17-13)5-6-14-16-8-9-19(14)3/h8-12,15H,4-7H2,1-3H3. The van der Waals surface area contributed by atoms with Gasteiger partial charge in [-0.2, -0.15) is 0 Å². The minimum atomic E-state index is 0.304. The molecule has 0 saturated heterocycles. The third kappa shape index (κ3) is 3.67. The first-order valence-corrected chi connectivity index (χ1v) is 6.88. The highest BCUT2D eigenvalue weighted by Crippen LogP contribution is 2.17. The van der Waals surface area contributed by atoms with Crippen molar-refractivity contribution < 1.29 is 0 Å². The molecule has 0 fully saturated rings. The Morgan fingerprint density at radius 2 is 2.16 bits per heavy atom. The van der Waals surface area contributed by atoms with E-state index < -0.39 is 0 Å². The van der Waals surface area contributed by atoms with E-state index in [1.807, 2.05) is 37.4 Å². The van der Waals surface area contributed by atoms with E-state index in [4.69, 9.17) is 0 Å². The van der Waals surface area contributed by atoms with E-state index in [1.54, 1.807) is 0 Å². The van der Waals surface area contributed by atoms with E-state index in [0.29, 0.717) is 6.04 Å². The molecule has 0 aromatic carbocycles. The minimum absolute atomic E-state index is 0.304. The third-order valence-corrected chi connectivity index (χ3v) is 3.30. The van der Waals surface area contributed by atoms with Gasteiger partial charge in [-0.15, -0.1) is 0 Å². The van der Waals surface area contributed by atoms with Gasteiger partial charge in [0.2, 0.25) is 0 Å². The molecule has 0 aliphatic rings. The summed E-state index contributed by atoms with van der Waals surface area (Å²) in [6.45, 7) is 3.20. The molecule has 0 aliphatic heterocycles. The maximum Gasteiger partial charge on any atom is 0.108 e. The second kappa shape index (κ2) is 6.52. The van der Waals surface area contributed by atoms with Crippen molar-refractivity contribution in [1.29, 1.82) is 0 Å². The van der Waals surface area contributed by atoms with Crippen LogP contribution < -0.4 is 5.32 Å². The lowest BCUT2D eigenvalue weighted by Crippen LogP contribution is -2.23. The van der Waals surface area contributed by atoms with Gasteiger partial charge in [-0.25, -0.2) is 9.97 Å². The van der Waals surface area contributed by atoms with Gasteiger partial charge in [0, 0.05) is 39.1 Å². The normalized spacial score (nSPS) is 12.8. The van der Waals surface area contributed by atoms with Crippen LogP contribution in [0.1, 0.15) is 37.3 Å². The predicted molar refractivity (Wildman–Crippen MR) is 75.8 cm³/mol. The molecule has 2 aromatic rings. The molecule has 5 heteroatoms. The summed E-state index contributed by atoms with van der Waals surface area (Å²) < 4.78 is 4.08. The van der Waals surface area contributed by atoms with Crippen molar-refractivity contribution in [3.63, 3.8) is 0 Å². The van der Waals surface area contributed by atoms with Gasteiger partial charge in [-0.3, -0.25) is 0 Å². The highest BCUT2D eigenvalue weighted by atomic mass is 15.0. The summed E-state index contributed by atoms with van der Waals surface area (Å²) in [5, 5.41) is 3.57. The first-order valence-electron chi connectivity index (χ1n) is 6.88. The smallest absolute Gasteiger partial charge is 0.108 e. The highest BCUT2D eigenvalue weighted by molar-refractivity contribution is 5.05. The van der Waals surface area contributed by atoms with Crippen LogP contribution in [0, 0.1) is 0 Å². The van der Waals surface area contributed by atoms with E-state index in [2.05, 4.69) is 33.0 Å². The zero-order valence-corrected chi connectivity index (χ0v) is 12.0. The Kier molecular flexibility index (Phi) is 4.74. The van der Waals surface area contributed by atoms with E-state index in [-0.39, 0.29) is 0 Å². The van der Waals surface area contributed by atoms with E-state index in [0.717, 1.165) is 37.3 Å². The van der Waals surface area contributed by atoms with Crippen LogP contribution in [0.15, 0.2) is 24.9 Å². The number of nitrogens with one attached hydrogen (secondary N) is 1. The van der Waals surface area contributed by atoms with Crippen molar-refractivity contribution in [1.82, 2.24) is 24.4 Å². The Balaban J connectivity index is 1.99. The molecular weight excluding hydrogens is 238 g/mol. The molecule has 5 nitrogen and oxygen atoms in total. The van der Waals surface area contributed by atoms with Gasteiger partial charge in [0.15, 0.2) is 0 Å². The van der Waals surface area contributed by atoms with Gasteiger partial charge < -0.3 is 14.5 Å². The van der Waals surface area contributed by atoms with Crippen molar-refractivity contribution in [2.45, 2.75) is 32.2 Å². The number of aryl methyl sites for hydroxylation is 3. The average Bonchev–Trinajstić information content (AvgIpc) is 2.99. The highest BCUT2D eigenvalue weighted by Gasteiger charge is 2.14. The lowest BCUT2D eigenvalue weighted by molar-refractivity contribution is 0.482. The molecule has 1 atom stereocenters. The summed E-state index contributed by atoms with van der Waals surface area (Å²) in [6, 6.07) is 0.304. The van der Waals surface area contributed by atoms with Gasteiger partial charge in [0.05, 0.1) is 18.1 Å². The second-order valence-electron chi connectivity index (χ2n) is 4.96. The molecule has 1 N–H and O–H groups in total. The maximum atomic E-state index is 4.46. The summed E-state index contributed by atoms with van der Waals surface area (Å²) in [5.74, 6) is 1.12. The first-order chi connectivity index (χ1) is 9.20. The second-order valence-corrected chi connectivity index (χ2v) is 4.96. The average molecular weight is 261 g/mol. The molecule has 1 unspecified atom stereocenters. The molecule has 104 valence electrons. The van der Waals surface area contributed by atoms with E-state index in [9.17, 15) is 0 Å². The number of nitrogens with zero attached hydrogens (tertiary/aromatic N) is 4. The molecule has 0 saturated carbocycles. The number of rotatable bonds is 7. The molecule has 2 heterocycles.